The summed E-state index contributed by atoms with van der Waals surface area (Å²) in [7, 11) is 3.03. The fraction of sp³-hybridized carbons (Fsp3) is 0.333. The molecule has 0 heterocycles. The van der Waals surface area contributed by atoms with Gasteiger partial charge in [0.15, 0.2) is 5.78 Å². The maximum Gasteiger partial charge on any atom is 0.307 e. The predicted octanol–water partition coefficient (Wildman–Crippen LogP) is 3.08. The third kappa shape index (κ3) is 8.75. The van der Waals surface area contributed by atoms with Crippen molar-refractivity contribution in [2.45, 2.75) is 50.7 Å². The van der Waals surface area contributed by atoms with E-state index in [1.54, 1.807) is 19.1 Å². The summed E-state index contributed by atoms with van der Waals surface area (Å²) in [5.74, 6) is -3.34. The number of nitrogens with zero attached hydrogens (tertiary/aromatic N) is 2. The number of ketones is 1. The van der Waals surface area contributed by atoms with Crippen molar-refractivity contribution in [1.29, 1.82) is 0 Å². The molecule has 9 nitrogen and oxygen atoms in total. The lowest BCUT2D eigenvalue weighted by molar-refractivity contribution is -0.148. The van der Waals surface area contributed by atoms with Gasteiger partial charge in [-0.15, -0.1) is 0 Å². The molecule has 42 heavy (non-hydrogen) atoms. The molecule has 3 aromatic rings. The number of carbonyl (C=O) groups excluding carboxylic acids is 3. The van der Waals surface area contributed by atoms with Crippen molar-refractivity contribution in [3.8, 4) is 5.75 Å². The van der Waals surface area contributed by atoms with Crippen molar-refractivity contribution < 1.29 is 29.4 Å². The van der Waals surface area contributed by atoms with Gasteiger partial charge in [-0.1, -0.05) is 72.8 Å². The first-order valence-electron chi connectivity index (χ1n) is 13.9. The molecule has 0 aromatic heterocycles. The summed E-state index contributed by atoms with van der Waals surface area (Å²) >= 11 is 0. The molecule has 4 N–H and O–H groups in total. The maximum absolute atomic E-state index is 13.9. The Hall–Kier alpha value is -4.50. The van der Waals surface area contributed by atoms with Crippen LogP contribution in [0.15, 0.2) is 84.9 Å². The second-order valence-electron chi connectivity index (χ2n) is 10.7. The van der Waals surface area contributed by atoms with Crippen LogP contribution in [0.5, 0.6) is 5.75 Å². The van der Waals surface area contributed by atoms with Crippen LogP contribution in [0.1, 0.15) is 30.0 Å². The molecular formula is C33H39N3O6. The van der Waals surface area contributed by atoms with Gasteiger partial charge in [-0.25, -0.2) is 0 Å². The summed E-state index contributed by atoms with van der Waals surface area (Å²) in [4.78, 5) is 55.1. The lowest BCUT2D eigenvalue weighted by Gasteiger charge is -2.34. The first kappa shape index (κ1) is 32.0. The van der Waals surface area contributed by atoms with E-state index in [9.17, 15) is 29.4 Å². The highest BCUT2D eigenvalue weighted by atomic mass is 16.4. The minimum absolute atomic E-state index is 0.0602. The summed E-state index contributed by atoms with van der Waals surface area (Å²) in [6.07, 6.45) is 0.330. The van der Waals surface area contributed by atoms with Gasteiger partial charge in [0.25, 0.3) is 0 Å². The number of benzene rings is 3. The largest absolute Gasteiger partial charge is 0.508 e. The lowest BCUT2D eigenvalue weighted by atomic mass is 9.92. The molecule has 0 aliphatic carbocycles. The summed E-state index contributed by atoms with van der Waals surface area (Å²) in [5.41, 5.74) is 8.68. The van der Waals surface area contributed by atoms with Crippen LogP contribution in [0.4, 0.5) is 0 Å². The monoisotopic (exact) mass is 573 g/mol. The van der Waals surface area contributed by atoms with Gasteiger partial charge in [0.1, 0.15) is 11.8 Å². The van der Waals surface area contributed by atoms with Gasteiger partial charge in [-0.3, -0.25) is 19.2 Å². The van der Waals surface area contributed by atoms with Crippen LogP contribution in [0.2, 0.25) is 0 Å². The quantitative estimate of drug-likeness (QED) is 0.269. The Bertz CT molecular complexity index is 1350. The Kier molecular flexibility index (Phi) is 11.4. The van der Waals surface area contributed by atoms with Gasteiger partial charge >= 0.3 is 5.97 Å². The standard InChI is InChI=1S/C33H39N3O6/c1-22(30(38)21-26(33(41)42)18-25-14-16-27(37)17-15-25)35(2)32(40)29(20-24-12-8-5-9-13-24)36(3)31(39)28(34)19-23-10-6-4-7-11-23/h4-17,22,26,28-29,37H,18-21,34H2,1-3H3,(H,41,42)/t22-,26+,28-,29-/m0/s1. The van der Waals surface area contributed by atoms with E-state index in [-0.39, 0.29) is 25.0 Å². The molecule has 3 aromatic carbocycles. The predicted molar refractivity (Wildman–Crippen MR) is 160 cm³/mol. The molecule has 2 amide bonds. The Balaban J connectivity index is 1.76. The smallest absolute Gasteiger partial charge is 0.307 e. The molecule has 0 saturated carbocycles. The third-order valence-electron chi connectivity index (χ3n) is 7.60. The van der Waals surface area contributed by atoms with Gasteiger partial charge in [-0.05, 0) is 48.6 Å². The summed E-state index contributed by atoms with van der Waals surface area (Å²) in [5, 5.41) is 19.3. The van der Waals surface area contributed by atoms with E-state index in [0.29, 0.717) is 12.0 Å². The van der Waals surface area contributed by atoms with Crippen molar-refractivity contribution in [3.05, 3.63) is 102 Å². The highest BCUT2D eigenvalue weighted by molar-refractivity contribution is 5.94. The molecule has 0 saturated heterocycles. The molecule has 3 rings (SSSR count). The molecule has 0 bridgehead atoms. The number of carbonyl (C=O) groups is 4. The number of amides is 2. The lowest BCUT2D eigenvalue weighted by Crippen LogP contribution is -2.56. The number of hydrogen-bond donors (Lipinski definition) is 3. The summed E-state index contributed by atoms with van der Waals surface area (Å²) in [6.45, 7) is 1.56. The second kappa shape index (κ2) is 14.9. The van der Waals surface area contributed by atoms with Crippen LogP contribution in [0.25, 0.3) is 0 Å². The number of hydrogen-bond acceptors (Lipinski definition) is 6. The molecular weight excluding hydrogens is 534 g/mol. The summed E-state index contributed by atoms with van der Waals surface area (Å²) in [6, 6.07) is 22.0. The SMILES string of the molecule is C[C@@H](C(=O)C[C@@H](Cc1ccc(O)cc1)C(=O)O)N(C)C(=O)[C@H](Cc1ccccc1)N(C)C(=O)[C@@H](N)Cc1ccccc1. The highest BCUT2D eigenvalue weighted by Gasteiger charge is 2.35. The van der Waals surface area contributed by atoms with Crippen molar-refractivity contribution in [2.24, 2.45) is 11.7 Å². The number of carboxylic acid groups (broad SMARTS) is 1. The second-order valence-corrected chi connectivity index (χ2v) is 10.7. The van der Waals surface area contributed by atoms with E-state index in [1.807, 2.05) is 60.7 Å². The molecule has 0 aliphatic heterocycles. The van der Waals surface area contributed by atoms with Crippen LogP contribution in [-0.4, -0.2) is 75.8 Å². The molecule has 9 heteroatoms. The van der Waals surface area contributed by atoms with Crippen molar-refractivity contribution >= 4 is 23.6 Å². The number of aliphatic carboxylic acids is 1. The minimum atomic E-state index is -1.13. The number of Topliss-reactive ketones (excluding diaryl/α,β-unsaturated/α-hetero) is 1. The van der Waals surface area contributed by atoms with Crippen LogP contribution in [0, 0.1) is 5.92 Å². The number of rotatable bonds is 14. The first-order valence-corrected chi connectivity index (χ1v) is 13.9. The molecule has 222 valence electrons. The fourth-order valence-corrected chi connectivity index (χ4v) is 4.82. The zero-order valence-electron chi connectivity index (χ0n) is 24.2. The number of aromatic hydroxyl groups is 1. The van der Waals surface area contributed by atoms with Crippen molar-refractivity contribution in [1.82, 2.24) is 9.80 Å². The number of phenols is 1. The average molecular weight is 574 g/mol. The molecule has 0 spiro atoms. The zero-order valence-corrected chi connectivity index (χ0v) is 24.2. The molecule has 4 atom stereocenters. The fourth-order valence-electron chi connectivity index (χ4n) is 4.82. The Morgan fingerprint density at radius 2 is 1.21 bits per heavy atom. The number of likely N-dealkylation sites (N-methyl/N-ethyl adjacent to an activating group) is 2. The maximum atomic E-state index is 13.9. The number of carboxylic acids is 1. The zero-order chi connectivity index (χ0) is 30.8. The van der Waals surface area contributed by atoms with Crippen LogP contribution >= 0.6 is 0 Å². The Morgan fingerprint density at radius 3 is 1.74 bits per heavy atom. The molecule has 0 aliphatic rings. The van der Waals surface area contributed by atoms with Gasteiger partial charge in [-0.2, -0.15) is 0 Å². The minimum Gasteiger partial charge on any atom is -0.508 e. The highest BCUT2D eigenvalue weighted by Crippen LogP contribution is 2.20. The normalized spacial score (nSPS) is 13.8. The van der Waals surface area contributed by atoms with E-state index in [0.717, 1.165) is 11.1 Å². The molecule has 0 fully saturated rings. The van der Waals surface area contributed by atoms with Gasteiger partial charge in [0, 0.05) is 26.9 Å². The van der Waals surface area contributed by atoms with E-state index >= 15 is 0 Å². The van der Waals surface area contributed by atoms with E-state index in [2.05, 4.69) is 0 Å². The number of nitrogens with two attached hydrogens (primary N) is 1. The van der Waals surface area contributed by atoms with Crippen LogP contribution < -0.4 is 5.73 Å². The van der Waals surface area contributed by atoms with E-state index in [1.165, 1.54) is 36.0 Å². The van der Waals surface area contributed by atoms with Gasteiger partial charge in [0.2, 0.25) is 11.8 Å². The van der Waals surface area contributed by atoms with Crippen molar-refractivity contribution in [3.63, 3.8) is 0 Å². The molecule has 0 radical (unpaired) electrons. The van der Waals surface area contributed by atoms with Crippen LogP contribution in [-0.2, 0) is 38.4 Å². The summed E-state index contributed by atoms with van der Waals surface area (Å²) < 4.78 is 0. The van der Waals surface area contributed by atoms with Gasteiger partial charge < -0.3 is 25.7 Å². The number of phenolic OH excluding ortho intramolecular Hbond substituents is 1. The third-order valence-corrected chi connectivity index (χ3v) is 7.60. The Labute approximate surface area is 246 Å². The van der Waals surface area contributed by atoms with E-state index in [4.69, 9.17) is 5.73 Å². The topological polar surface area (TPSA) is 141 Å². The van der Waals surface area contributed by atoms with Crippen LogP contribution in [0.3, 0.4) is 0 Å². The van der Waals surface area contributed by atoms with Crippen molar-refractivity contribution in [2.75, 3.05) is 14.1 Å². The van der Waals surface area contributed by atoms with Gasteiger partial charge in [0.05, 0.1) is 18.0 Å². The molecule has 0 unspecified atom stereocenters. The van der Waals surface area contributed by atoms with E-state index < -0.39 is 47.6 Å². The Morgan fingerprint density at radius 1 is 0.714 bits per heavy atom. The first-order chi connectivity index (χ1) is 20.0. The average Bonchev–Trinajstić information content (AvgIpc) is 2.99.